The molecule has 0 spiro atoms. The van der Waals surface area contributed by atoms with Gasteiger partial charge in [-0.05, 0) is 87.8 Å². The number of anilines is 2. The molecule has 1 aliphatic heterocycles. The van der Waals surface area contributed by atoms with Gasteiger partial charge in [-0.3, -0.25) is 23.6 Å². The number of hydrogen-bond acceptors (Lipinski definition) is 12. The molecule has 0 unspecified atom stereocenters. The van der Waals surface area contributed by atoms with Crippen LogP contribution in [0.3, 0.4) is 0 Å². The molecule has 0 saturated carbocycles. The van der Waals surface area contributed by atoms with Crippen molar-refractivity contribution in [3.63, 3.8) is 0 Å². The van der Waals surface area contributed by atoms with Crippen LogP contribution >= 0.6 is 69.8 Å². The third kappa shape index (κ3) is 13.7. The van der Waals surface area contributed by atoms with E-state index in [2.05, 4.69) is 39.8 Å². The number of halogens is 12. The van der Waals surface area contributed by atoms with Crippen LogP contribution in [-0.4, -0.2) is 72.6 Å². The highest BCUT2D eigenvalue weighted by Gasteiger charge is 2.36. The van der Waals surface area contributed by atoms with Gasteiger partial charge in [0.15, 0.2) is 11.6 Å². The zero-order valence-electron chi connectivity index (χ0n) is 35.2. The van der Waals surface area contributed by atoms with Crippen molar-refractivity contribution in [1.82, 2.24) is 43.9 Å². The van der Waals surface area contributed by atoms with E-state index in [1.165, 1.54) is 35.4 Å². The maximum absolute atomic E-state index is 13.1. The number of carbonyl (C=O) groups is 2. The SMILES string of the molecule is C.CC(C)n1c(Cl)nnc1-c1ncc(Cl)cc1NS(=O)(=O)c1ccc(Cl)c(C(F)(F)F)c1.CC(C)n1cnnc1-c1ncc(Cl)cc1NS(=O)(=O)c1ccc(Cl)c(C(F)(F)F)c1.O=C1CCC(=O)N1Cl. The number of amides is 2. The molecule has 4 aromatic heterocycles. The summed E-state index contributed by atoms with van der Waals surface area (Å²) >= 11 is 34.3. The smallest absolute Gasteiger partial charge is 0.310 e. The number of rotatable bonds is 10. The number of nitrogens with zero attached hydrogens (tertiary/aromatic N) is 9. The minimum atomic E-state index is -4.84. The predicted octanol–water partition coefficient (Wildman–Crippen LogP) is 11.7. The number of sulfonamides is 2. The molecule has 31 heteroatoms. The summed E-state index contributed by atoms with van der Waals surface area (Å²) in [5, 5.41) is 14.5. The summed E-state index contributed by atoms with van der Waals surface area (Å²) in [6, 6.07) is 6.79. The summed E-state index contributed by atoms with van der Waals surface area (Å²) in [5.74, 6) is -0.193. The minimum Gasteiger partial charge on any atom is -0.310 e. The average molecular weight is 1140 g/mol. The normalized spacial score (nSPS) is 13.1. The molecule has 378 valence electrons. The molecule has 17 nitrogen and oxygen atoms in total. The van der Waals surface area contributed by atoms with Crippen molar-refractivity contribution in [2.75, 3.05) is 9.44 Å². The highest BCUT2D eigenvalue weighted by molar-refractivity contribution is 7.93. The van der Waals surface area contributed by atoms with Crippen molar-refractivity contribution in [1.29, 1.82) is 0 Å². The number of hydrogen-bond donors (Lipinski definition) is 2. The average Bonchev–Trinajstić information content (AvgIpc) is 3.96. The first-order chi connectivity index (χ1) is 31.9. The van der Waals surface area contributed by atoms with Gasteiger partial charge in [0.25, 0.3) is 20.0 Å². The molecule has 70 heavy (non-hydrogen) atoms. The van der Waals surface area contributed by atoms with Gasteiger partial charge >= 0.3 is 12.4 Å². The number of benzene rings is 2. The second-order valence-electron chi connectivity index (χ2n) is 14.6. The fraction of sp³-hybridized carbons (Fsp3) is 0.282. The number of nitrogens with one attached hydrogen (secondary N) is 2. The Kier molecular flexibility index (Phi) is 18.6. The summed E-state index contributed by atoms with van der Waals surface area (Å²) in [4.78, 5) is 27.7. The molecule has 7 rings (SSSR count). The van der Waals surface area contributed by atoms with Crippen LogP contribution in [0.2, 0.25) is 25.4 Å². The van der Waals surface area contributed by atoms with E-state index in [1.807, 2.05) is 13.8 Å². The van der Waals surface area contributed by atoms with Gasteiger partial charge in [0.2, 0.25) is 17.1 Å². The lowest BCUT2D eigenvalue weighted by atomic mass is 10.2. The van der Waals surface area contributed by atoms with Gasteiger partial charge in [-0.1, -0.05) is 53.8 Å². The molecule has 0 atom stereocenters. The van der Waals surface area contributed by atoms with Gasteiger partial charge in [-0.2, -0.15) is 30.8 Å². The van der Waals surface area contributed by atoms with Crippen molar-refractivity contribution in [2.24, 2.45) is 0 Å². The molecule has 0 bridgehead atoms. The van der Waals surface area contributed by atoms with Crippen molar-refractivity contribution in [3.05, 3.63) is 104 Å². The third-order valence-corrected chi connectivity index (χ3v) is 13.5. The fourth-order valence-electron chi connectivity index (χ4n) is 5.81. The molecule has 1 saturated heterocycles. The summed E-state index contributed by atoms with van der Waals surface area (Å²) in [6.45, 7) is 7.31. The largest absolute Gasteiger partial charge is 0.417 e. The predicted molar refractivity (Wildman–Crippen MR) is 251 cm³/mol. The molecule has 1 aliphatic rings. The van der Waals surface area contributed by atoms with E-state index >= 15 is 0 Å². The van der Waals surface area contributed by atoms with Crippen LogP contribution in [0.1, 0.15) is 71.2 Å². The fourth-order valence-corrected chi connectivity index (χ4v) is 9.22. The number of imide groups is 1. The van der Waals surface area contributed by atoms with Gasteiger partial charge in [0.05, 0.1) is 52.4 Å². The van der Waals surface area contributed by atoms with Gasteiger partial charge in [0.1, 0.15) is 17.7 Å². The summed E-state index contributed by atoms with van der Waals surface area (Å²) in [6.07, 6.45) is -5.13. The van der Waals surface area contributed by atoms with E-state index < -0.39 is 63.4 Å². The Bertz CT molecular complexity index is 3130. The third-order valence-electron chi connectivity index (χ3n) is 9.02. The molecule has 2 amide bonds. The van der Waals surface area contributed by atoms with E-state index in [1.54, 1.807) is 18.4 Å². The highest BCUT2D eigenvalue weighted by Crippen LogP contribution is 2.39. The summed E-state index contributed by atoms with van der Waals surface area (Å²) in [5.41, 5.74) is -2.60. The number of aromatic nitrogens is 8. The first kappa shape index (κ1) is 57.6. The Morgan fingerprint density at radius 2 is 1.06 bits per heavy atom. The highest BCUT2D eigenvalue weighted by atomic mass is 35.5. The van der Waals surface area contributed by atoms with E-state index in [0.717, 1.165) is 24.3 Å². The molecule has 1 fully saturated rings. The summed E-state index contributed by atoms with van der Waals surface area (Å²) in [7, 11) is -8.93. The zero-order valence-corrected chi connectivity index (χ0v) is 41.4. The van der Waals surface area contributed by atoms with E-state index in [9.17, 15) is 52.8 Å². The van der Waals surface area contributed by atoms with Gasteiger partial charge < -0.3 is 4.57 Å². The van der Waals surface area contributed by atoms with Crippen LogP contribution in [0.5, 0.6) is 0 Å². The van der Waals surface area contributed by atoms with Crippen LogP contribution in [0.15, 0.2) is 77.0 Å². The Morgan fingerprint density at radius 1 is 0.629 bits per heavy atom. The quantitative estimate of drug-likeness (QED) is 0.0744. The second kappa shape index (κ2) is 22.6. The lowest BCUT2D eigenvalue weighted by Gasteiger charge is -2.16. The topological polar surface area (TPSA) is 217 Å². The first-order valence-corrected chi connectivity index (χ1v) is 24.2. The maximum Gasteiger partial charge on any atom is 0.417 e. The Balaban J connectivity index is 0.000000259. The molecular weight excluding hydrogens is 1110 g/mol. The molecule has 2 aromatic carbocycles. The molecule has 2 N–H and O–H groups in total. The maximum atomic E-state index is 13.1. The van der Waals surface area contributed by atoms with Gasteiger partial charge in [-0.15, -0.1) is 20.4 Å². The number of pyridine rings is 2. The lowest BCUT2D eigenvalue weighted by Crippen LogP contribution is -2.16. The van der Waals surface area contributed by atoms with E-state index in [-0.39, 0.29) is 93.9 Å². The zero-order chi connectivity index (χ0) is 51.6. The van der Waals surface area contributed by atoms with Crippen LogP contribution in [0.4, 0.5) is 37.7 Å². The minimum absolute atomic E-state index is 0. The number of alkyl halides is 6. The van der Waals surface area contributed by atoms with Crippen LogP contribution < -0.4 is 9.44 Å². The first-order valence-electron chi connectivity index (χ1n) is 19.0. The summed E-state index contributed by atoms with van der Waals surface area (Å²) < 4.78 is 138. The monoisotopic (exact) mass is 1140 g/mol. The van der Waals surface area contributed by atoms with Crippen molar-refractivity contribution < 1.29 is 52.8 Å². The lowest BCUT2D eigenvalue weighted by molar-refractivity contribution is -0.138. The van der Waals surface area contributed by atoms with Crippen LogP contribution in [0, 0.1) is 0 Å². The van der Waals surface area contributed by atoms with Crippen molar-refractivity contribution in [2.45, 2.75) is 82.2 Å². The van der Waals surface area contributed by atoms with Crippen molar-refractivity contribution in [3.8, 4) is 23.0 Å². The van der Waals surface area contributed by atoms with Crippen molar-refractivity contribution >= 4 is 113 Å². The molecular formula is C39H35Cl6F6N11O6S2. The number of carbonyl (C=O) groups excluding carboxylic acids is 2. The molecule has 0 radical (unpaired) electrons. The van der Waals surface area contributed by atoms with Gasteiger partial charge in [-0.25, -0.2) is 26.8 Å². The Morgan fingerprint density at radius 3 is 1.43 bits per heavy atom. The van der Waals surface area contributed by atoms with Crippen LogP contribution in [-0.2, 0) is 42.0 Å². The van der Waals surface area contributed by atoms with Crippen LogP contribution in [0.25, 0.3) is 23.0 Å². The Hall–Kier alpha value is -5.02. The van der Waals surface area contributed by atoms with Gasteiger partial charge in [0, 0.05) is 49.1 Å². The second-order valence-corrected chi connectivity index (χ2v) is 20.3. The molecule has 0 aliphatic carbocycles. The standard InChI is InChI=1S/C17H13Cl3F3N5O2S.C17H14Cl2F3N5O2S.C4H4ClNO2.CH4/c1-8(2)28-15(25-26-16(28)20)14-13(5-9(18)7-24-14)27-31(29,30)10-3-4-12(19)11(6-10)17(21,22)23;1-9(2)27-8-24-25-16(27)15-14(5-10(18)7-23-15)26-30(28,29)11-3-4-13(19)12(6-11)17(20,21)22;5-6-3(7)1-2-4(6)8;/h3-8,27H,1-2H3;3-9,26H,1-2H3;1-2H2;1H4. The van der Waals surface area contributed by atoms with E-state index in [0.29, 0.717) is 16.6 Å². The Labute approximate surface area is 425 Å². The molecule has 5 heterocycles. The van der Waals surface area contributed by atoms with E-state index in [4.69, 9.17) is 69.8 Å². The molecule has 6 aromatic rings.